The van der Waals surface area contributed by atoms with Crippen molar-refractivity contribution in [1.29, 1.82) is 0 Å². The molecule has 1 atom stereocenters. The van der Waals surface area contributed by atoms with Crippen LogP contribution >= 0.6 is 11.8 Å². The first-order valence-electron chi connectivity index (χ1n) is 6.61. The SMILES string of the molecule is CNCc1nnc(S[C@H](C)C(=O)N2CCCC2)n1C. The number of rotatable bonds is 5. The number of nitrogens with zero attached hydrogens (tertiary/aromatic N) is 4. The fourth-order valence-electron chi connectivity index (χ4n) is 2.16. The third-order valence-corrected chi connectivity index (χ3v) is 4.43. The lowest BCUT2D eigenvalue weighted by molar-refractivity contribution is -0.129. The van der Waals surface area contributed by atoms with E-state index in [1.54, 1.807) is 0 Å². The van der Waals surface area contributed by atoms with Crippen LogP contribution in [0.15, 0.2) is 5.16 Å². The van der Waals surface area contributed by atoms with Crippen LogP contribution < -0.4 is 5.32 Å². The molecule has 0 saturated carbocycles. The summed E-state index contributed by atoms with van der Waals surface area (Å²) in [5, 5.41) is 12.0. The van der Waals surface area contributed by atoms with Crippen LogP contribution in [0.25, 0.3) is 0 Å². The highest BCUT2D eigenvalue weighted by atomic mass is 32.2. The number of hydrogen-bond acceptors (Lipinski definition) is 5. The van der Waals surface area contributed by atoms with Gasteiger partial charge in [-0.3, -0.25) is 4.79 Å². The van der Waals surface area contributed by atoms with E-state index >= 15 is 0 Å². The minimum atomic E-state index is -0.108. The molecule has 1 N–H and O–H groups in total. The van der Waals surface area contributed by atoms with Crippen LogP contribution in [0.2, 0.25) is 0 Å². The number of carbonyl (C=O) groups excluding carboxylic acids is 1. The maximum Gasteiger partial charge on any atom is 0.235 e. The Morgan fingerprint density at radius 2 is 2.11 bits per heavy atom. The van der Waals surface area contributed by atoms with Crippen molar-refractivity contribution in [3.05, 3.63) is 5.82 Å². The Hall–Kier alpha value is -1.08. The molecule has 106 valence electrons. The molecule has 1 saturated heterocycles. The van der Waals surface area contributed by atoms with Crippen molar-refractivity contribution in [1.82, 2.24) is 25.0 Å². The Kier molecular flexibility index (Phi) is 4.81. The lowest BCUT2D eigenvalue weighted by Gasteiger charge is -2.19. The maximum absolute atomic E-state index is 12.2. The molecule has 1 amide bonds. The van der Waals surface area contributed by atoms with Crippen LogP contribution in [0, 0.1) is 0 Å². The third kappa shape index (κ3) is 3.27. The van der Waals surface area contributed by atoms with Crippen LogP contribution in [0.5, 0.6) is 0 Å². The van der Waals surface area contributed by atoms with Gasteiger partial charge in [-0.05, 0) is 26.8 Å². The van der Waals surface area contributed by atoms with E-state index in [-0.39, 0.29) is 11.2 Å². The molecule has 2 heterocycles. The largest absolute Gasteiger partial charge is 0.342 e. The lowest BCUT2D eigenvalue weighted by atomic mass is 10.4. The smallest absolute Gasteiger partial charge is 0.235 e. The van der Waals surface area contributed by atoms with Crippen LogP contribution in [0.3, 0.4) is 0 Å². The molecule has 1 aromatic rings. The van der Waals surface area contributed by atoms with Crippen LogP contribution in [0.1, 0.15) is 25.6 Å². The molecule has 0 bridgehead atoms. The normalized spacial score (nSPS) is 16.9. The Morgan fingerprint density at radius 1 is 1.42 bits per heavy atom. The number of thioether (sulfide) groups is 1. The zero-order valence-corrected chi connectivity index (χ0v) is 12.5. The van der Waals surface area contributed by atoms with Crippen molar-refractivity contribution >= 4 is 17.7 Å². The van der Waals surface area contributed by atoms with Gasteiger partial charge >= 0.3 is 0 Å². The van der Waals surface area contributed by atoms with Gasteiger partial charge in [-0.15, -0.1) is 10.2 Å². The summed E-state index contributed by atoms with van der Waals surface area (Å²) in [6, 6.07) is 0. The molecular weight excluding hydrogens is 262 g/mol. The minimum absolute atomic E-state index is 0.108. The topological polar surface area (TPSA) is 63.1 Å². The van der Waals surface area contributed by atoms with Crippen LogP contribution in [-0.4, -0.2) is 51.0 Å². The summed E-state index contributed by atoms with van der Waals surface area (Å²) in [6.07, 6.45) is 2.25. The second-order valence-electron chi connectivity index (χ2n) is 4.78. The van der Waals surface area contributed by atoms with Crippen molar-refractivity contribution in [3.63, 3.8) is 0 Å². The molecule has 0 unspecified atom stereocenters. The second kappa shape index (κ2) is 6.38. The average molecular weight is 283 g/mol. The molecule has 1 aliphatic heterocycles. The van der Waals surface area contributed by atoms with Crippen molar-refractivity contribution in [3.8, 4) is 0 Å². The van der Waals surface area contributed by atoms with Gasteiger partial charge in [0.2, 0.25) is 5.91 Å². The maximum atomic E-state index is 12.2. The van der Waals surface area contributed by atoms with Gasteiger partial charge in [-0.1, -0.05) is 11.8 Å². The van der Waals surface area contributed by atoms with E-state index in [9.17, 15) is 4.79 Å². The summed E-state index contributed by atoms with van der Waals surface area (Å²) in [4.78, 5) is 14.2. The predicted octanol–water partition coefficient (Wildman–Crippen LogP) is 0.637. The molecular formula is C12H21N5OS. The van der Waals surface area contributed by atoms with Gasteiger partial charge in [-0.2, -0.15) is 0 Å². The number of hydrogen-bond donors (Lipinski definition) is 1. The Balaban J connectivity index is 1.98. The summed E-state index contributed by atoms with van der Waals surface area (Å²) in [5.41, 5.74) is 0. The van der Waals surface area contributed by atoms with Crippen LogP contribution in [-0.2, 0) is 18.4 Å². The van der Waals surface area contributed by atoms with Gasteiger partial charge in [0.15, 0.2) is 5.16 Å². The zero-order valence-electron chi connectivity index (χ0n) is 11.7. The summed E-state index contributed by atoms with van der Waals surface area (Å²) in [5.74, 6) is 1.09. The first kappa shape index (κ1) is 14.3. The third-order valence-electron chi connectivity index (χ3n) is 3.31. The summed E-state index contributed by atoms with van der Waals surface area (Å²) >= 11 is 1.48. The average Bonchev–Trinajstić information content (AvgIpc) is 3.03. The van der Waals surface area contributed by atoms with Gasteiger partial charge in [0.1, 0.15) is 5.82 Å². The summed E-state index contributed by atoms with van der Waals surface area (Å²) in [6.45, 7) is 4.41. The summed E-state index contributed by atoms with van der Waals surface area (Å²) < 4.78 is 1.94. The molecule has 0 spiro atoms. The number of amides is 1. The van der Waals surface area contributed by atoms with Gasteiger partial charge < -0.3 is 14.8 Å². The van der Waals surface area contributed by atoms with E-state index < -0.39 is 0 Å². The van der Waals surface area contributed by atoms with E-state index in [0.717, 1.165) is 36.9 Å². The molecule has 0 aliphatic carbocycles. The zero-order chi connectivity index (χ0) is 13.8. The first-order chi connectivity index (χ1) is 9.13. The molecule has 1 aromatic heterocycles. The molecule has 7 heteroatoms. The summed E-state index contributed by atoms with van der Waals surface area (Å²) in [7, 11) is 3.81. The molecule has 19 heavy (non-hydrogen) atoms. The minimum Gasteiger partial charge on any atom is -0.342 e. The predicted molar refractivity (Wildman–Crippen MR) is 74.9 cm³/mol. The second-order valence-corrected chi connectivity index (χ2v) is 6.09. The molecule has 1 fully saturated rings. The van der Waals surface area contributed by atoms with Crippen molar-refractivity contribution in [2.45, 2.75) is 36.7 Å². The fraction of sp³-hybridized carbons (Fsp3) is 0.750. The van der Waals surface area contributed by atoms with E-state index in [2.05, 4.69) is 15.5 Å². The molecule has 1 aliphatic rings. The number of nitrogens with one attached hydrogen (secondary N) is 1. The first-order valence-corrected chi connectivity index (χ1v) is 7.49. The fourth-order valence-corrected chi connectivity index (χ4v) is 3.08. The van der Waals surface area contributed by atoms with Crippen molar-refractivity contribution in [2.24, 2.45) is 7.05 Å². The van der Waals surface area contributed by atoms with E-state index in [1.807, 2.05) is 30.5 Å². The Morgan fingerprint density at radius 3 is 2.74 bits per heavy atom. The molecule has 0 radical (unpaired) electrons. The molecule has 0 aromatic carbocycles. The quantitative estimate of drug-likeness (QED) is 0.803. The van der Waals surface area contributed by atoms with Crippen molar-refractivity contribution < 1.29 is 4.79 Å². The van der Waals surface area contributed by atoms with Gasteiger partial charge in [0.25, 0.3) is 0 Å². The Labute approximate surface area is 117 Å². The standard InChI is InChI=1S/C12H21N5OS/c1-9(11(18)17-6-4-5-7-17)19-12-15-14-10(8-13-2)16(12)3/h9,13H,4-8H2,1-3H3/t9-/m1/s1. The van der Waals surface area contributed by atoms with Gasteiger partial charge in [-0.25, -0.2) is 0 Å². The highest BCUT2D eigenvalue weighted by Gasteiger charge is 2.25. The molecule has 6 nitrogen and oxygen atoms in total. The van der Waals surface area contributed by atoms with Crippen molar-refractivity contribution in [2.75, 3.05) is 20.1 Å². The number of carbonyl (C=O) groups is 1. The van der Waals surface area contributed by atoms with E-state index in [0.29, 0.717) is 6.54 Å². The highest BCUT2D eigenvalue weighted by molar-refractivity contribution is 8.00. The van der Waals surface area contributed by atoms with E-state index in [1.165, 1.54) is 11.8 Å². The lowest BCUT2D eigenvalue weighted by Crippen LogP contribution is -2.34. The Bertz CT molecular complexity index is 441. The van der Waals surface area contributed by atoms with Crippen LogP contribution in [0.4, 0.5) is 0 Å². The number of aromatic nitrogens is 3. The number of likely N-dealkylation sites (tertiary alicyclic amines) is 1. The monoisotopic (exact) mass is 283 g/mol. The molecule has 2 rings (SSSR count). The van der Waals surface area contributed by atoms with Gasteiger partial charge in [0, 0.05) is 20.1 Å². The highest BCUT2D eigenvalue weighted by Crippen LogP contribution is 2.24. The van der Waals surface area contributed by atoms with Gasteiger partial charge in [0.05, 0.1) is 11.8 Å². The van der Waals surface area contributed by atoms with E-state index in [4.69, 9.17) is 0 Å².